The molecule has 162 valence electrons. The van der Waals surface area contributed by atoms with Crippen LogP contribution in [0, 0.1) is 6.92 Å². The molecular formula is C22H24N4O4S. The maximum atomic E-state index is 13.2. The molecule has 0 radical (unpaired) electrons. The van der Waals surface area contributed by atoms with Gasteiger partial charge in [0.1, 0.15) is 5.82 Å². The predicted octanol–water partition coefficient (Wildman–Crippen LogP) is 2.84. The SMILES string of the molecule is Cc1cnc(OC(C)C)c(C2(C(=O)NS(=O)(=O)c3cccc4nc(N)ccc34)CC2)c1. The summed E-state index contributed by atoms with van der Waals surface area (Å²) >= 11 is 0. The van der Waals surface area contributed by atoms with Crippen LogP contribution in [0.1, 0.15) is 37.8 Å². The van der Waals surface area contributed by atoms with E-state index in [0.29, 0.717) is 35.2 Å². The summed E-state index contributed by atoms with van der Waals surface area (Å²) in [5.41, 5.74) is 6.64. The normalized spacial score (nSPS) is 15.1. The molecule has 1 aliphatic carbocycles. The summed E-state index contributed by atoms with van der Waals surface area (Å²) in [5.74, 6) is 0.0528. The third-order valence-electron chi connectivity index (χ3n) is 5.27. The van der Waals surface area contributed by atoms with Crippen LogP contribution in [0.2, 0.25) is 0 Å². The fourth-order valence-corrected chi connectivity index (χ4v) is 4.88. The van der Waals surface area contributed by atoms with Gasteiger partial charge in [0.2, 0.25) is 11.8 Å². The topological polar surface area (TPSA) is 124 Å². The molecule has 3 aromatic rings. The van der Waals surface area contributed by atoms with Gasteiger partial charge in [-0.1, -0.05) is 6.07 Å². The number of benzene rings is 1. The highest BCUT2D eigenvalue weighted by Crippen LogP contribution is 2.51. The number of rotatable bonds is 6. The zero-order valence-electron chi connectivity index (χ0n) is 17.5. The molecule has 1 aromatic carbocycles. The van der Waals surface area contributed by atoms with Gasteiger partial charge in [0.05, 0.1) is 21.9 Å². The average Bonchev–Trinajstić information content (AvgIpc) is 3.50. The molecule has 0 spiro atoms. The summed E-state index contributed by atoms with van der Waals surface area (Å²) in [5, 5.41) is 0.392. The van der Waals surface area contributed by atoms with E-state index in [1.165, 1.54) is 12.1 Å². The van der Waals surface area contributed by atoms with Gasteiger partial charge in [0, 0.05) is 17.1 Å². The number of hydrogen-bond acceptors (Lipinski definition) is 7. The van der Waals surface area contributed by atoms with Gasteiger partial charge in [-0.05, 0) is 69.5 Å². The Kier molecular flexibility index (Phi) is 5.09. The third kappa shape index (κ3) is 3.93. The Morgan fingerprint density at radius 1 is 1.23 bits per heavy atom. The molecule has 1 saturated carbocycles. The minimum atomic E-state index is -4.14. The van der Waals surface area contributed by atoms with E-state index in [4.69, 9.17) is 10.5 Å². The lowest BCUT2D eigenvalue weighted by Gasteiger charge is -2.20. The highest BCUT2D eigenvalue weighted by atomic mass is 32.2. The number of ether oxygens (including phenoxy) is 1. The van der Waals surface area contributed by atoms with Crippen LogP contribution in [0.25, 0.3) is 10.9 Å². The zero-order chi connectivity index (χ0) is 22.4. The van der Waals surface area contributed by atoms with E-state index in [1.54, 1.807) is 24.4 Å². The lowest BCUT2D eigenvalue weighted by Crippen LogP contribution is -2.39. The molecule has 1 fully saturated rings. The molecule has 1 aliphatic rings. The van der Waals surface area contributed by atoms with E-state index in [-0.39, 0.29) is 16.8 Å². The van der Waals surface area contributed by atoms with Crippen LogP contribution in [0.15, 0.2) is 47.5 Å². The zero-order valence-corrected chi connectivity index (χ0v) is 18.4. The number of nitrogens with zero attached hydrogens (tertiary/aromatic N) is 2. The molecule has 4 rings (SSSR count). The van der Waals surface area contributed by atoms with Gasteiger partial charge in [0.15, 0.2) is 0 Å². The molecule has 0 saturated heterocycles. The van der Waals surface area contributed by atoms with Crippen LogP contribution in [0.5, 0.6) is 5.88 Å². The molecule has 2 heterocycles. The number of aromatic nitrogens is 2. The van der Waals surface area contributed by atoms with Crippen molar-refractivity contribution in [3.8, 4) is 5.88 Å². The van der Waals surface area contributed by atoms with E-state index in [0.717, 1.165) is 5.56 Å². The number of carbonyl (C=O) groups is 1. The van der Waals surface area contributed by atoms with Crippen LogP contribution in [-0.2, 0) is 20.2 Å². The minimum absolute atomic E-state index is 0.0253. The lowest BCUT2D eigenvalue weighted by atomic mass is 9.95. The molecule has 0 atom stereocenters. The highest BCUT2D eigenvalue weighted by molar-refractivity contribution is 7.90. The van der Waals surface area contributed by atoms with Gasteiger partial charge in [-0.2, -0.15) is 0 Å². The van der Waals surface area contributed by atoms with Crippen LogP contribution in [-0.4, -0.2) is 30.4 Å². The smallest absolute Gasteiger partial charge is 0.264 e. The van der Waals surface area contributed by atoms with Gasteiger partial charge in [-0.15, -0.1) is 0 Å². The summed E-state index contributed by atoms with van der Waals surface area (Å²) < 4.78 is 34.3. The first-order valence-corrected chi connectivity index (χ1v) is 11.5. The predicted molar refractivity (Wildman–Crippen MR) is 117 cm³/mol. The third-order valence-corrected chi connectivity index (χ3v) is 6.65. The summed E-state index contributed by atoms with van der Waals surface area (Å²) in [6.45, 7) is 5.61. The highest BCUT2D eigenvalue weighted by Gasteiger charge is 2.54. The number of carbonyl (C=O) groups excluding carboxylic acids is 1. The van der Waals surface area contributed by atoms with Gasteiger partial charge in [-0.25, -0.2) is 23.1 Å². The molecule has 1 amide bonds. The maximum Gasteiger partial charge on any atom is 0.264 e. The van der Waals surface area contributed by atoms with Crippen molar-refractivity contribution in [1.82, 2.24) is 14.7 Å². The van der Waals surface area contributed by atoms with Crippen LogP contribution >= 0.6 is 0 Å². The first kappa shape index (κ1) is 21.0. The number of nitrogen functional groups attached to an aromatic ring is 1. The van der Waals surface area contributed by atoms with Crippen molar-refractivity contribution in [2.45, 2.75) is 50.0 Å². The Bertz CT molecular complexity index is 1280. The fraction of sp³-hybridized carbons (Fsp3) is 0.318. The minimum Gasteiger partial charge on any atom is -0.475 e. The van der Waals surface area contributed by atoms with Crippen LogP contribution < -0.4 is 15.2 Å². The van der Waals surface area contributed by atoms with Crippen molar-refractivity contribution in [2.24, 2.45) is 0 Å². The number of amides is 1. The first-order chi connectivity index (χ1) is 14.6. The van der Waals surface area contributed by atoms with Gasteiger partial charge >= 0.3 is 0 Å². The number of hydrogen-bond donors (Lipinski definition) is 2. The van der Waals surface area contributed by atoms with Crippen molar-refractivity contribution in [1.29, 1.82) is 0 Å². The molecule has 2 aromatic heterocycles. The molecule has 0 unspecified atom stereocenters. The van der Waals surface area contributed by atoms with Crippen molar-refractivity contribution in [3.05, 3.63) is 53.7 Å². The second-order valence-corrected chi connectivity index (χ2v) is 9.76. The molecule has 9 heteroatoms. The van der Waals surface area contributed by atoms with E-state index in [1.807, 2.05) is 26.8 Å². The average molecular weight is 441 g/mol. The van der Waals surface area contributed by atoms with Crippen molar-refractivity contribution < 1.29 is 17.9 Å². The van der Waals surface area contributed by atoms with Crippen molar-refractivity contribution in [3.63, 3.8) is 0 Å². The van der Waals surface area contributed by atoms with Gasteiger partial charge in [-0.3, -0.25) is 4.79 Å². The number of pyridine rings is 2. The summed E-state index contributed by atoms with van der Waals surface area (Å²) in [6, 6.07) is 9.64. The Morgan fingerprint density at radius 3 is 2.65 bits per heavy atom. The summed E-state index contributed by atoms with van der Waals surface area (Å²) in [7, 11) is -4.14. The Morgan fingerprint density at radius 2 is 1.97 bits per heavy atom. The molecule has 31 heavy (non-hydrogen) atoms. The van der Waals surface area contributed by atoms with E-state index >= 15 is 0 Å². The quantitative estimate of drug-likeness (QED) is 0.604. The van der Waals surface area contributed by atoms with E-state index in [9.17, 15) is 13.2 Å². The Hall–Kier alpha value is -3.20. The lowest BCUT2D eigenvalue weighted by molar-refractivity contribution is -0.121. The Balaban J connectivity index is 1.70. The number of nitrogens with two attached hydrogens (primary N) is 1. The summed E-state index contributed by atoms with van der Waals surface area (Å²) in [4.78, 5) is 21.7. The second kappa shape index (κ2) is 7.49. The molecule has 8 nitrogen and oxygen atoms in total. The maximum absolute atomic E-state index is 13.2. The number of sulfonamides is 1. The first-order valence-electron chi connectivity index (χ1n) is 9.99. The van der Waals surface area contributed by atoms with E-state index in [2.05, 4.69) is 14.7 Å². The molecule has 3 N–H and O–H groups in total. The second-order valence-electron chi connectivity index (χ2n) is 8.11. The number of anilines is 1. The molecule has 0 aliphatic heterocycles. The van der Waals surface area contributed by atoms with Crippen molar-refractivity contribution in [2.75, 3.05) is 5.73 Å². The number of nitrogens with one attached hydrogen (secondary N) is 1. The molecular weight excluding hydrogens is 416 g/mol. The van der Waals surface area contributed by atoms with Crippen LogP contribution in [0.3, 0.4) is 0 Å². The van der Waals surface area contributed by atoms with Gasteiger partial charge in [0.25, 0.3) is 10.0 Å². The van der Waals surface area contributed by atoms with Crippen LogP contribution in [0.4, 0.5) is 5.82 Å². The van der Waals surface area contributed by atoms with E-state index < -0.39 is 21.3 Å². The fourth-order valence-electron chi connectivity index (χ4n) is 3.61. The Labute approximate surface area is 180 Å². The standard InChI is InChI=1S/C22H24N4O4S/c1-13(2)30-20-16(11-14(3)12-24-20)22(9-10-22)21(27)26-31(28,29)18-6-4-5-17-15(18)7-8-19(23)25-17/h4-8,11-13H,9-10H2,1-3H3,(H2,23,25)(H,26,27). The number of aryl methyl sites for hydroxylation is 1. The molecule has 0 bridgehead atoms. The number of fused-ring (bicyclic) bond motifs is 1. The summed E-state index contributed by atoms with van der Waals surface area (Å²) in [6.07, 6.45) is 2.57. The largest absolute Gasteiger partial charge is 0.475 e. The van der Waals surface area contributed by atoms with Gasteiger partial charge < -0.3 is 10.5 Å². The van der Waals surface area contributed by atoms with Crippen molar-refractivity contribution >= 4 is 32.7 Å². The monoisotopic (exact) mass is 440 g/mol.